The van der Waals surface area contributed by atoms with Gasteiger partial charge in [-0.3, -0.25) is 9.36 Å². The van der Waals surface area contributed by atoms with Gasteiger partial charge in [-0.2, -0.15) is 0 Å². The summed E-state index contributed by atoms with van der Waals surface area (Å²) in [7, 11) is 0. The summed E-state index contributed by atoms with van der Waals surface area (Å²) in [5.41, 5.74) is 0.727. The molecule has 0 aliphatic heterocycles. The molecule has 6 heteroatoms. The van der Waals surface area contributed by atoms with Gasteiger partial charge < -0.3 is 0 Å². The van der Waals surface area contributed by atoms with Gasteiger partial charge in [0.25, 0.3) is 5.56 Å². The van der Waals surface area contributed by atoms with Gasteiger partial charge in [0, 0.05) is 18.0 Å². The maximum absolute atomic E-state index is 11.7. The van der Waals surface area contributed by atoms with Crippen LogP contribution in [0.3, 0.4) is 0 Å². The first kappa shape index (κ1) is 11.5. The topological polar surface area (TPSA) is 47.8 Å². The maximum atomic E-state index is 11.7. The minimum atomic E-state index is -0.0736. The summed E-state index contributed by atoms with van der Waals surface area (Å²) in [5, 5.41) is 0.410. The van der Waals surface area contributed by atoms with Crippen LogP contribution in [0.4, 0.5) is 0 Å². The van der Waals surface area contributed by atoms with E-state index in [1.54, 1.807) is 12.3 Å². The largest absolute Gasteiger partial charge is 0.294 e. The van der Waals surface area contributed by atoms with Crippen molar-refractivity contribution in [2.45, 2.75) is 6.54 Å². The Kier molecular flexibility index (Phi) is 3.55. The lowest BCUT2D eigenvalue weighted by molar-refractivity contribution is 0.728. The van der Waals surface area contributed by atoms with E-state index in [9.17, 15) is 4.79 Å². The van der Waals surface area contributed by atoms with E-state index >= 15 is 0 Å². The Morgan fingerprint density at radius 1 is 1.50 bits per heavy atom. The van der Waals surface area contributed by atoms with Crippen molar-refractivity contribution in [3.8, 4) is 0 Å². The molecule has 0 spiro atoms. The minimum Gasteiger partial charge on any atom is -0.294 e. The molecule has 0 unspecified atom stereocenters. The van der Waals surface area contributed by atoms with Crippen LogP contribution < -0.4 is 5.56 Å². The molecular weight excluding hydrogens is 340 g/mol. The maximum Gasteiger partial charge on any atom is 0.267 e. The Balaban J connectivity index is 2.39. The SMILES string of the molecule is O=c1c(I)cncn1Cc1cccnc1Cl. The van der Waals surface area contributed by atoms with Crippen LogP contribution in [0.2, 0.25) is 5.15 Å². The molecule has 2 aromatic heterocycles. The lowest BCUT2D eigenvalue weighted by Gasteiger charge is -2.06. The van der Waals surface area contributed by atoms with E-state index in [0.29, 0.717) is 15.3 Å². The highest BCUT2D eigenvalue weighted by molar-refractivity contribution is 14.1. The summed E-state index contributed by atoms with van der Waals surface area (Å²) in [5.74, 6) is 0. The van der Waals surface area contributed by atoms with Crippen molar-refractivity contribution in [1.29, 1.82) is 0 Å². The van der Waals surface area contributed by atoms with Gasteiger partial charge >= 0.3 is 0 Å². The molecule has 0 saturated carbocycles. The molecule has 0 saturated heterocycles. The van der Waals surface area contributed by atoms with Crippen molar-refractivity contribution in [3.63, 3.8) is 0 Å². The highest BCUT2D eigenvalue weighted by Gasteiger charge is 2.04. The van der Waals surface area contributed by atoms with Crippen LogP contribution in [-0.4, -0.2) is 14.5 Å². The number of rotatable bonds is 2. The van der Waals surface area contributed by atoms with E-state index in [4.69, 9.17) is 11.6 Å². The van der Waals surface area contributed by atoms with Crippen LogP contribution in [0.25, 0.3) is 0 Å². The lowest BCUT2D eigenvalue weighted by atomic mass is 10.3. The zero-order valence-corrected chi connectivity index (χ0v) is 11.0. The zero-order chi connectivity index (χ0) is 11.5. The minimum absolute atomic E-state index is 0.0736. The molecule has 0 fully saturated rings. The molecule has 82 valence electrons. The summed E-state index contributed by atoms with van der Waals surface area (Å²) in [6.07, 6.45) is 4.64. The van der Waals surface area contributed by atoms with Gasteiger partial charge in [0.2, 0.25) is 0 Å². The fraction of sp³-hybridized carbons (Fsp3) is 0.100. The van der Waals surface area contributed by atoms with Gasteiger partial charge in [-0.05, 0) is 28.7 Å². The summed E-state index contributed by atoms with van der Waals surface area (Å²) in [6.45, 7) is 0.384. The second kappa shape index (κ2) is 4.92. The number of nitrogens with zero attached hydrogens (tertiary/aromatic N) is 3. The number of pyridine rings is 1. The third-order valence-corrected chi connectivity index (χ3v) is 3.12. The molecule has 0 amide bonds. The van der Waals surface area contributed by atoms with Gasteiger partial charge in [-0.1, -0.05) is 17.7 Å². The second-order valence-corrected chi connectivity index (χ2v) is 4.65. The van der Waals surface area contributed by atoms with Crippen LogP contribution >= 0.6 is 34.2 Å². The zero-order valence-electron chi connectivity index (χ0n) is 8.10. The molecule has 0 aromatic carbocycles. The highest BCUT2D eigenvalue weighted by atomic mass is 127. The molecule has 0 N–H and O–H groups in total. The Morgan fingerprint density at radius 3 is 3.06 bits per heavy atom. The van der Waals surface area contributed by atoms with Gasteiger partial charge in [-0.25, -0.2) is 9.97 Å². The van der Waals surface area contributed by atoms with Crippen molar-refractivity contribution in [2.24, 2.45) is 0 Å². The molecule has 2 heterocycles. The van der Waals surface area contributed by atoms with Crippen LogP contribution in [-0.2, 0) is 6.54 Å². The quantitative estimate of drug-likeness (QED) is 0.616. The van der Waals surface area contributed by atoms with E-state index in [2.05, 4.69) is 9.97 Å². The standard InChI is InChI=1S/C10H7ClIN3O/c11-9-7(2-1-3-14-9)5-15-6-13-4-8(12)10(15)16/h1-4,6H,5H2. The molecular formula is C10H7ClIN3O. The Bertz CT molecular complexity index is 570. The molecule has 0 radical (unpaired) electrons. The summed E-state index contributed by atoms with van der Waals surface area (Å²) in [4.78, 5) is 19.7. The average molecular weight is 348 g/mol. The first-order chi connectivity index (χ1) is 7.68. The van der Waals surface area contributed by atoms with E-state index in [-0.39, 0.29) is 5.56 Å². The molecule has 0 aliphatic rings. The number of hydrogen-bond donors (Lipinski definition) is 0. The van der Waals surface area contributed by atoms with Crippen molar-refractivity contribution in [1.82, 2.24) is 14.5 Å². The summed E-state index contributed by atoms with van der Waals surface area (Å²) < 4.78 is 2.09. The molecule has 4 nitrogen and oxygen atoms in total. The van der Waals surface area contributed by atoms with Crippen LogP contribution in [0, 0.1) is 3.57 Å². The predicted molar refractivity (Wildman–Crippen MR) is 69.6 cm³/mol. The first-order valence-electron chi connectivity index (χ1n) is 4.48. The van der Waals surface area contributed by atoms with Gasteiger partial charge in [0.05, 0.1) is 16.4 Å². The third-order valence-electron chi connectivity index (χ3n) is 2.04. The normalized spacial score (nSPS) is 10.4. The highest BCUT2D eigenvalue weighted by Crippen LogP contribution is 2.12. The monoisotopic (exact) mass is 347 g/mol. The molecule has 0 atom stereocenters. The second-order valence-electron chi connectivity index (χ2n) is 3.13. The lowest BCUT2D eigenvalue weighted by Crippen LogP contribution is -2.23. The Labute approximate surface area is 110 Å². The van der Waals surface area contributed by atoms with Gasteiger partial charge in [0.15, 0.2) is 0 Å². The third kappa shape index (κ3) is 2.41. The van der Waals surface area contributed by atoms with Gasteiger partial charge in [0.1, 0.15) is 5.15 Å². The van der Waals surface area contributed by atoms with Crippen LogP contribution in [0.15, 0.2) is 35.6 Å². The van der Waals surface area contributed by atoms with Gasteiger partial charge in [-0.15, -0.1) is 0 Å². The van der Waals surface area contributed by atoms with E-state index in [0.717, 1.165) is 5.56 Å². The van der Waals surface area contributed by atoms with E-state index in [1.165, 1.54) is 17.1 Å². The fourth-order valence-electron chi connectivity index (χ4n) is 1.26. The smallest absolute Gasteiger partial charge is 0.267 e. The Morgan fingerprint density at radius 2 is 2.31 bits per heavy atom. The van der Waals surface area contributed by atoms with Crippen LogP contribution in [0.1, 0.15) is 5.56 Å². The predicted octanol–water partition coefficient (Wildman–Crippen LogP) is 1.94. The van der Waals surface area contributed by atoms with Crippen molar-refractivity contribution in [2.75, 3.05) is 0 Å². The van der Waals surface area contributed by atoms with Crippen molar-refractivity contribution in [3.05, 3.63) is 55.5 Å². The molecule has 0 bridgehead atoms. The number of hydrogen-bond acceptors (Lipinski definition) is 3. The first-order valence-corrected chi connectivity index (χ1v) is 5.93. The van der Waals surface area contributed by atoms with Crippen LogP contribution in [0.5, 0.6) is 0 Å². The molecule has 0 aliphatic carbocycles. The molecule has 2 aromatic rings. The molecule has 16 heavy (non-hydrogen) atoms. The Hall–Kier alpha value is -0.950. The van der Waals surface area contributed by atoms with E-state index in [1.807, 2.05) is 28.7 Å². The summed E-state index contributed by atoms with van der Waals surface area (Å²) in [6, 6.07) is 3.62. The van der Waals surface area contributed by atoms with Crippen molar-refractivity contribution < 1.29 is 0 Å². The molecule has 2 rings (SSSR count). The fourth-order valence-corrected chi connectivity index (χ4v) is 1.91. The average Bonchev–Trinajstić information content (AvgIpc) is 2.28. The number of halogens is 2. The van der Waals surface area contributed by atoms with Crippen molar-refractivity contribution >= 4 is 34.2 Å². The van der Waals surface area contributed by atoms with E-state index < -0.39 is 0 Å². The summed E-state index contributed by atoms with van der Waals surface area (Å²) >= 11 is 7.87. The number of aromatic nitrogens is 3.